The molecule has 0 amide bonds. The molecule has 0 unspecified atom stereocenters. The van der Waals surface area contributed by atoms with Gasteiger partial charge in [-0.25, -0.2) is 4.52 Å². The van der Waals surface area contributed by atoms with Crippen LogP contribution in [0, 0.1) is 24.2 Å². The fourth-order valence-corrected chi connectivity index (χ4v) is 3.05. The van der Waals surface area contributed by atoms with Crippen LogP contribution in [0.1, 0.15) is 89.5 Å². The van der Waals surface area contributed by atoms with Crippen LogP contribution in [-0.4, -0.2) is 15.4 Å². The summed E-state index contributed by atoms with van der Waals surface area (Å²) in [6, 6.07) is 5.95. The zero-order valence-corrected chi connectivity index (χ0v) is 17.2. The van der Waals surface area contributed by atoms with E-state index in [-0.39, 0.29) is 0 Å². The fourth-order valence-electron chi connectivity index (χ4n) is 3.05. The number of fused-ring (bicyclic) bond motifs is 1. The predicted molar refractivity (Wildman–Crippen MR) is 107 cm³/mol. The number of hydrogen-bond donors (Lipinski definition) is 0. The van der Waals surface area contributed by atoms with E-state index in [2.05, 4.69) is 31.9 Å². The molecule has 3 rings (SSSR count). The first-order valence-corrected chi connectivity index (χ1v) is 9.86. The average Bonchev–Trinajstić information content (AvgIpc) is 2.90. The van der Waals surface area contributed by atoms with Gasteiger partial charge in [-0.15, -0.1) is 0 Å². The molecule has 0 N–H and O–H groups in total. The van der Waals surface area contributed by atoms with Gasteiger partial charge in [0, 0.05) is 24.6 Å². The number of carbonyl (C=O) groups excluding carboxylic acids is 1. The lowest BCUT2D eigenvalue weighted by molar-refractivity contribution is -0.119. The molecule has 1 fully saturated rings. The topological polar surface area (TPSA) is 58.2 Å². The zero-order valence-electron chi connectivity index (χ0n) is 17.2. The van der Waals surface area contributed by atoms with Crippen molar-refractivity contribution in [3.05, 3.63) is 35.2 Å². The normalized spacial score (nSPS) is 13.2. The minimum Gasteiger partial charge on any atom is -0.300 e. The first-order chi connectivity index (χ1) is 12.5. The SMILES string of the molecule is CC.CCC(=O)CC(C)C.Cc1nn2ccc(C#N)cc2c1C1CCC1. The van der Waals surface area contributed by atoms with Crippen molar-refractivity contribution in [2.75, 3.05) is 0 Å². The summed E-state index contributed by atoms with van der Waals surface area (Å²) >= 11 is 0. The summed E-state index contributed by atoms with van der Waals surface area (Å²) in [6.45, 7) is 12.1. The van der Waals surface area contributed by atoms with Gasteiger partial charge in [0.1, 0.15) is 5.78 Å². The number of rotatable bonds is 4. The molecule has 0 saturated heterocycles. The number of aryl methyl sites for hydroxylation is 1. The molecule has 4 nitrogen and oxygen atoms in total. The third kappa shape index (κ3) is 5.69. The molecule has 0 bridgehead atoms. The zero-order chi connectivity index (χ0) is 19.7. The summed E-state index contributed by atoms with van der Waals surface area (Å²) < 4.78 is 1.89. The quantitative estimate of drug-likeness (QED) is 0.694. The number of carbonyl (C=O) groups is 1. The molecule has 2 aromatic heterocycles. The highest BCUT2D eigenvalue weighted by atomic mass is 16.1. The molecule has 0 aromatic carbocycles. The number of Topliss-reactive ketones (excluding diaryl/α,β-unsaturated/α-hetero) is 1. The number of nitrogens with zero attached hydrogens (tertiary/aromatic N) is 3. The van der Waals surface area contributed by atoms with Crippen LogP contribution < -0.4 is 0 Å². The van der Waals surface area contributed by atoms with Crippen LogP contribution in [0.15, 0.2) is 18.3 Å². The third-order valence-electron chi connectivity index (χ3n) is 4.53. The van der Waals surface area contributed by atoms with E-state index in [0.29, 0.717) is 29.6 Å². The Kier molecular flexibility index (Phi) is 9.05. The first kappa shape index (κ1) is 21.9. The lowest BCUT2D eigenvalue weighted by Gasteiger charge is -2.25. The Morgan fingerprint density at radius 2 is 2.04 bits per heavy atom. The van der Waals surface area contributed by atoms with Crippen LogP contribution in [0.2, 0.25) is 0 Å². The van der Waals surface area contributed by atoms with Crippen molar-refractivity contribution in [1.29, 1.82) is 5.26 Å². The summed E-state index contributed by atoms with van der Waals surface area (Å²) in [4.78, 5) is 10.6. The molecular formula is C22H33N3O. The Morgan fingerprint density at radius 1 is 1.38 bits per heavy atom. The second-order valence-electron chi connectivity index (χ2n) is 6.97. The van der Waals surface area contributed by atoms with E-state index in [4.69, 9.17) is 5.26 Å². The lowest BCUT2D eigenvalue weighted by atomic mass is 9.79. The number of aromatic nitrogens is 2. The molecule has 0 spiro atoms. The fraction of sp³-hybridized carbons (Fsp3) is 0.591. The second-order valence-corrected chi connectivity index (χ2v) is 6.97. The summed E-state index contributed by atoms with van der Waals surface area (Å²) in [6.07, 6.45) is 7.16. The van der Waals surface area contributed by atoms with E-state index in [9.17, 15) is 4.79 Å². The van der Waals surface area contributed by atoms with Crippen molar-refractivity contribution < 1.29 is 4.79 Å². The van der Waals surface area contributed by atoms with Gasteiger partial charge in [0.15, 0.2) is 0 Å². The molecule has 142 valence electrons. The Balaban J connectivity index is 0.000000290. The molecule has 1 aliphatic carbocycles. The second kappa shape index (κ2) is 10.8. The Hall–Kier alpha value is -2.15. The van der Waals surface area contributed by atoms with Crippen molar-refractivity contribution in [1.82, 2.24) is 9.61 Å². The molecular weight excluding hydrogens is 322 g/mol. The van der Waals surface area contributed by atoms with Crippen molar-refractivity contribution in [2.24, 2.45) is 5.92 Å². The third-order valence-corrected chi connectivity index (χ3v) is 4.53. The summed E-state index contributed by atoms with van der Waals surface area (Å²) in [5, 5.41) is 13.4. The standard InChI is InChI=1S/C13H13N3.C7H14O.C2H6/c1-9-13(11-3-2-4-11)12-7-10(8-14)5-6-16(12)15-9;1-4-7(8)5-6(2)3;1-2/h5-7,11H,2-4H2,1H3;6H,4-5H2,1-3H3;1-2H3. The van der Waals surface area contributed by atoms with E-state index in [0.717, 1.165) is 17.6 Å². The smallest absolute Gasteiger partial charge is 0.132 e. The van der Waals surface area contributed by atoms with Gasteiger partial charge in [-0.05, 0) is 43.7 Å². The van der Waals surface area contributed by atoms with Crippen molar-refractivity contribution in [3.63, 3.8) is 0 Å². The van der Waals surface area contributed by atoms with Crippen LogP contribution in [0.3, 0.4) is 0 Å². The van der Waals surface area contributed by atoms with Gasteiger partial charge in [-0.2, -0.15) is 10.4 Å². The van der Waals surface area contributed by atoms with Crippen LogP contribution in [0.25, 0.3) is 5.52 Å². The molecule has 26 heavy (non-hydrogen) atoms. The number of pyridine rings is 1. The van der Waals surface area contributed by atoms with E-state index in [1.807, 2.05) is 43.6 Å². The van der Waals surface area contributed by atoms with Crippen LogP contribution in [-0.2, 0) is 4.79 Å². The highest BCUT2D eigenvalue weighted by Gasteiger charge is 2.25. The van der Waals surface area contributed by atoms with Crippen LogP contribution in [0.5, 0.6) is 0 Å². The van der Waals surface area contributed by atoms with Gasteiger partial charge in [0.05, 0.1) is 22.8 Å². The highest BCUT2D eigenvalue weighted by molar-refractivity contribution is 5.78. The van der Waals surface area contributed by atoms with E-state index in [1.165, 1.54) is 24.8 Å². The summed E-state index contributed by atoms with van der Waals surface area (Å²) in [7, 11) is 0. The van der Waals surface area contributed by atoms with Gasteiger partial charge in [-0.3, -0.25) is 4.79 Å². The van der Waals surface area contributed by atoms with Gasteiger partial charge in [-0.1, -0.05) is 41.0 Å². The molecule has 2 heterocycles. The van der Waals surface area contributed by atoms with Gasteiger partial charge < -0.3 is 0 Å². The van der Waals surface area contributed by atoms with Gasteiger partial charge >= 0.3 is 0 Å². The molecule has 1 saturated carbocycles. The largest absolute Gasteiger partial charge is 0.300 e. The summed E-state index contributed by atoms with van der Waals surface area (Å²) in [5.41, 5.74) is 4.29. The summed E-state index contributed by atoms with van der Waals surface area (Å²) in [5.74, 6) is 1.56. The maximum Gasteiger partial charge on any atom is 0.132 e. The van der Waals surface area contributed by atoms with Crippen LogP contribution in [0.4, 0.5) is 0 Å². The molecule has 0 radical (unpaired) electrons. The average molecular weight is 356 g/mol. The van der Waals surface area contributed by atoms with E-state index in [1.54, 1.807) is 0 Å². The van der Waals surface area contributed by atoms with Crippen molar-refractivity contribution in [2.45, 2.75) is 79.6 Å². The van der Waals surface area contributed by atoms with Crippen molar-refractivity contribution >= 4 is 11.3 Å². The minimum absolute atomic E-state index is 0.375. The first-order valence-electron chi connectivity index (χ1n) is 9.86. The monoisotopic (exact) mass is 355 g/mol. The highest BCUT2D eigenvalue weighted by Crippen LogP contribution is 2.39. The maximum absolute atomic E-state index is 10.6. The number of hydrogen-bond acceptors (Lipinski definition) is 3. The Morgan fingerprint density at radius 3 is 2.46 bits per heavy atom. The lowest BCUT2D eigenvalue weighted by Crippen LogP contribution is -2.09. The van der Waals surface area contributed by atoms with Crippen LogP contribution >= 0.6 is 0 Å². The minimum atomic E-state index is 0.375. The maximum atomic E-state index is 10.6. The van der Waals surface area contributed by atoms with Gasteiger partial charge in [0.2, 0.25) is 0 Å². The molecule has 0 atom stereocenters. The van der Waals surface area contributed by atoms with E-state index >= 15 is 0 Å². The molecule has 2 aromatic rings. The number of nitriles is 1. The van der Waals surface area contributed by atoms with Crippen molar-refractivity contribution in [3.8, 4) is 6.07 Å². The Labute approximate surface area is 158 Å². The van der Waals surface area contributed by atoms with E-state index < -0.39 is 0 Å². The molecule has 0 aliphatic heterocycles. The Bertz CT molecular complexity index is 749. The molecule has 4 heteroatoms. The van der Waals surface area contributed by atoms with Gasteiger partial charge in [0.25, 0.3) is 0 Å². The predicted octanol–water partition coefficient (Wildman–Crippen LogP) is 5.82. The molecule has 1 aliphatic rings. The number of ketones is 1.